The minimum atomic E-state index is 0.619. The summed E-state index contributed by atoms with van der Waals surface area (Å²) in [6.45, 7) is 14.3. The van der Waals surface area contributed by atoms with Crippen LogP contribution >= 0.6 is 0 Å². The fourth-order valence-electron chi connectivity index (χ4n) is 2.63. The second kappa shape index (κ2) is 6.89. The molecule has 2 nitrogen and oxygen atoms in total. The van der Waals surface area contributed by atoms with E-state index in [0.717, 1.165) is 13.0 Å². The number of rotatable bonds is 2. The van der Waals surface area contributed by atoms with Crippen LogP contribution in [-0.2, 0) is 13.0 Å². The average molecular weight is 248 g/mol. The number of aromatic nitrogens is 1. The zero-order valence-corrected chi connectivity index (χ0v) is 12.8. The van der Waals surface area contributed by atoms with Crippen LogP contribution in [0.5, 0.6) is 0 Å². The van der Waals surface area contributed by atoms with Gasteiger partial charge in [-0.05, 0) is 43.4 Å². The summed E-state index contributed by atoms with van der Waals surface area (Å²) in [4.78, 5) is 6.86. The van der Waals surface area contributed by atoms with Crippen LogP contribution < -0.4 is 0 Å². The van der Waals surface area contributed by atoms with Crippen LogP contribution in [0.1, 0.15) is 52.7 Å². The molecule has 0 fully saturated rings. The summed E-state index contributed by atoms with van der Waals surface area (Å²) >= 11 is 0. The summed E-state index contributed by atoms with van der Waals surface area (Å²) in [5, 5.41) is 0. The van der Waals surface area contributed by atoms with Crippen LogP contribution in [0.4, 0.5) is 0 Å². The zero-order chi connectivity index (χ0) is 13.7. The van der Waals surface area contributed by atoms with E-state index in [4.69, 9.17) is 0 Å². The maximum Gasteiger partial charge on any atom is 0.0303 e. The van der Waals surface area contributed by atoms with Gasteiger partial charge in [-0.2, -0.15) is 0 Å². The molecule has 1 aliphatic rings. The fraction of sp³-hybridized carbons (Fsp3) is 0.688. The monoisotopic (exact) mass is 248 g/mol. The van der Waals surface area contributed by atoms with Crippen molar-refractivity contribution in [3.8, 4) is 0 Å². The summed E-state index contributed by atoms with van der Waals surface area (Å²) in [7, 11) is 0. The Balaban J connectivity index is 0.000000771. The largest absolute Gasteiger partial charge is 0.293 e. The zero-order valence-electron chi connectivity index (χ0n) is 12.8. The van der Waals surface area contributed by atoms with Crippen LogP contribution in [0.2, 0.25) is 0 Å². The molecule has 0 spiro atoms. The quantitative estimate of drug-likeness (QED) is 0.789. The summed E-state index contributed by atoms with van der Waals surface area (Å²) in [5.74, 6) is 0.704. The van der Waals surface area contributed by atoms with Crippen molar-refractivity contribution in [2.75, 3.05) is 0 Å². The van der Waals surface area contributed by atoms with E-state index in [-0.39, 0.29) is 0 Å². The Bertz CT molecular complexity index is 323. The smallest absolute Gasteiger partial charge is 0.0303 e. The molecule has 2 heterocycles. The van der Waals surface area contributed by atoms with Crippen molar-refractivity contribution >= 4 is 0 Å². The van der Waals surface area contributed by atoms with Crippen LogP contribution in [0.15, 0.2) is 18.5 Å². The third-order valence-electron chi connectivity index (χ3n) is 3.65. The maximum atomic E-state index is 4.24. The van der Waals surface area contributed by atoms with Gasteiger partial charge < -0.3 is 0 Å². The van der Waals surface area contributed by atoms with Gasteiger partial charge in [0.05, 0.1) is 0 Å². The van der Waals surface area contributed by atoms with E-state index in [1.54, 1.807) is 0 Å². The lowest BCUT2D eigenvalue weighted by Crippen LogP contribution is -2.47. The van der Waals surface area contributed by atoms with Crippen LogP contribution in [0.25, 0.3) is 0 Å². The van der Waals surface area contributed by atoms with E-state index >= 15 is 0 Å². The van der Waals surface area contributed by atoms with Crippen molar-refractivity contribution in [3.63, 3.8) is 0 Å². The van der Waals surface area contributed by atoms with E-state index < -0.39 is 0 Å². The topological polar surface area (TPSA) is 16.1 Å². The molecule has 0 aromatic carbocycles. The Hall–Kier alpha value is -0.890. The van der Waals surface area contributed by atoms with E-state index in [0.29, 0.717) is 18.0 Å². The third kappa shape index (κ3) is 3.32. The van der Waals surface area contributed by atoms with Crippen molar-refractivity contribution in [1.82, 2.24) is 9.88 Å². The lowest BCUT2D eigenvalue weighted by Gasteiger charge is -2.41. The van der Waals surface area contributed by atoms with Gasteiger partial charge in [0.2, 0.25) is 0 Å². The second-order valence-corrected chi connectivity index (χ2v) is 5.43. The molecular formula is C16H28N2. The molecule has 0 aliphatic carbocycles. The first kappa shape index (κ1) is 15.2. The van der Waals surface area contributed by atoms with Gasteiger partial charge in [0.15, 0.2) is 0 Å². The molecule has 1 aliphatic heterocycles. The Kier molecular flexibility index (Phi) is 5.80. The van der Waals surface area contributed by atoms with E-state index in [9.17, 15) is 0 Å². The van der Waals surface area contributed by atoms with Gasteiger partial charge in [0.1, 0.15) is 0 Å². The van der Waals surface area contributed by atoms with Crippen LogP contribution in [0.3, 0.4) is 0 Å². The normalized spacial score (nSPS) is 19.4. The highest BCUT2D eigenvalue weighted by atomic mass is 15.2. The molecule has 1 aromatic heterocycles. The SMILES string of the molecule is CC.CC(C)C1Cc2cnccc2CN1C(C)C. The Morgan fingerprint density at radius 1 is 1.17 bits per heavy atom. The maximum absolute atomic E-state index is 4.24. The summed E-state index contributed by atoms with van der Waals surface area (Å²) in [6.07, 6.45) is 5.11. The lowest BCUT2D eigenvalue weighted by atomic mass is 9.88. The van der Waals surface area contributed by atoms with Crippen molar-refractivity contribution < 1.29 is 0 Å². The molecule has 2 rings (SSSR count). The first-order valence-electron chi connectivity index (χ1n) is 7.27. The summed E-state index contributed by atoms with van der Waals surface area (Å²) in [5.41, 5.74) is 2.90. The van der Waals surface area contributed by atoms with E-state index in [2.05, 4.69) is 43.6 Å². The van der Waals surface area contributed by atoms with Crippen molar-refractivity contribution in [3.05, 3.63) is 29.6 Å². The van der Waals surface area contributed by atoms with Gasteiger partial charge in [-0.1, -0.05) is 27.7 Å². The molecule has 1 atom stereocenters. The molecule has 2 heteroatoms. The molecular weight excluding hydrogens is 220 g/mol. The van der Waals surface area contributed by atoms with Gasteiger partial charge in [-0.3, -0.25) is 9.88 Å². The standard InChI is InChI=1S/C14H22N2.C2H6/c1-10(2)14-7-13-8-15-6-5-12(13)9-16(14)11(3)4;1-2/h5-6,8,10-11,14H,7,9H2,1-4H3;1-2H3. The van der Waals surface area contributed by atoms with Crippen molar-refractivity contribution in [2.45, 2.75) is 66.6 Å². The second-order valence-electron chi connectivity index (χ2n) is 5.43. The molecule has 0 saturated carbocycles. The first-order valence-corrected chi connectivity index (χ1v) is 7.27. The fourth-order valence-corrected chi connectivity index (χ4v) is 2.63. The summed E-state index contributed by atoms with van der Waals surface area (Å²) < 4.78 is 0. The first-order chi connectivity index (χ1) is 8.59. The Labute approximate surface area is 112 Å². The lowest BCUT2D eigenvalue weighted by molar-refractivity contribution is 0.0971. The highest BCUT2D eigenvalue weighted by Crippen LogP contribution is 2.28. The predicted molar refractivity (Wildman–Crippen MR) is 78.6 cm³/mol. The van der Waals surface area contributed by atoms with E-state index in [1.165, 1.54) is 11.1 Å². The highest BCUT2D eigenvalue weighted by Gasteiger charge is 2.29. The third-order valence-corrected chi connectivity index (χ3v) is 3.65. The van der Waals surface area contributed by atoms with Gasteiger partial charge in [-0.15, -0.1) is 0 Å². The molecule has 1 aromatic rings. The molecule has 0 saturated heterocycles. The molecule has 0 N–H and O–H groups in total. The Morgan fingerprint density at radius 3 is 2.39 bits per heavy atom. The number of nitrogens with zero attached hydrogens (tertiary/aromatic N) is 2. The molecule has 0 radical (unpaired) electrons. The van der Waals surface area contributed by atoms with Crippen molar-refractivity contribution in [1.29, 1.82) is 0 Å². The van der Waals surface area contributed by atoms with Crippen LogP contribution in [0, 0.1) is 5.92 Å². The number of hydrogen-bond donors (Lipinski definition) is 0. The minimum absolute atomic E-state index is 0.619. The molecule has 18 heavy (non-hydrogen) atoms. The van der Waals surface area contributed by atoms with Crippen molar-refractivity contribution in [2.24, 2.45) is 5.92 Å². The average Bonchev–Trinajstić information content (AvgIpc) is 2.39. The molecule has 1 unspecified atom stereocenters. The molecule has 102 valence electrons. The number of fused-ring (bicyclic) bond motifs is 1. The van der Waals surface area contributed by atoms with Gasteiger partial charge in [-0.25, -0.2) is 0 Å². The minimum Gasteiger partial charge on any atom is -0.293 e. The van der Waals surface area contributed by atoms with E-state index in [1.807, 2.05) is 26.2 Å². The van der Waals surface area contributed by atoms with Crippen LogP contribution in [-0.4, -0.2) is 22.0 Å². The molecule has 0 amide bonds. The number of pyridine rings is 1. The summed E-state index contributed by atoms with van der Waals surface area (Å²) in [6, 6.07) is 3.45. The van der Waals surface area contributed by atoms with Gasteiger partial charge >= 0.3 is 0 Å². The highest BCUT2D eigenvalue weighted by molar-refractivity contribution is 5.27. The van der Waals surface area contributed by atoms with Gasteiger partial charge in [0, 0.05) is 31.0 Å². The number of hydrogen-bond acceptors (Lipinski definition) is 2. The molecule has 0 bridgehead atoms. The van der Waals surface area contributed by atoms with Gasteiger partial charge in [0.25, 0.3) is 0 Å². The predicted octanol–water partition coefficient (Wildman–Crippen LogP) is 3.90. The Morgan fingerprint density at radius 2 is 1.83 bits per heavy atom.